The van der Waals surface area contributed by atoms with Crippen LogP contribution in [0.15, 0.2) is 5.38 Å². The van der Waals surface area contributed by atoms with Gasteiger partial charge in [-0.05, 0) is 14.0 Å². The van der Waals surface area contributed by atoms with E-state index in [0.717, 1.165) is 36.8 Å². The Kier molecular flexibility index (Phi) is 4.29. The molecule has 1 aliphatic heterocycles. The summed E-state index contributed by atoms with van der Waals surface area (Å²) in [6.45, 7) is 3.47. The van der Waals surface area contributed by atoms with E-state index in [9.17, 15) is 0 Å². The second-order valence-corrected chi connectivity index (χ2v) is 5.02. The van der Waals surface area contributed by atoms with Crippen LogP contribution in [0.3, 0.4) is 0 Å². The lowest BCUT2D eigenvalue weighted by molar-refractivity contribution is -0.0522. The van der Waals surface area contributed by atoms with Gasteiger partial charge in [-0.3, -0.25) is 0 Å². The molecule has 1 fully saturated rings. The summed E-state index contributed by atoms with van der Waals surface area (Å²) in [5.41, 5.74) is 1.15. The number of likely N-dealkylation sites (N-methyl/N-ethyl adjacent to an activating group) is 1. The topological polar surface area (TPSA) is 43.4 Å². The van der Waals surface area contributed by atoms with E-state index in [4.69, 9.17) is 9.47 Å². The first-order valence-corrected chi connectivity index (χ1v) is 6.47. The number of nitrogens with one attached hydrogen (secondary N) is 1. The van der Waals surface area contributed by atoms with E-state index in [1.165, 1.54) is 0 Å². The summed E-state index contributed by atoms with van der Waals surface area (Å²) >= 11 is 1.70. The van der Waals surface area contributed by atoms with Gasteiger partial charge < -0.3 is 14.8 Å². The molecular formula is C11H18N2O2S. The third-order valence-corrected chi connectivity index (χ3v) is 3.52. The summed E-state index contributed by atoms with van der Waals surface area (Å²) < 4.78 is 10.9. The molecule has 1 aliphatic rings. The van der Waals surface area contributed by atoms with Crippen LogP contribution in [0.25, 0.3) is 0 Å². The molecule has 2 heterocycles. The molecule has 0 amide bonds. The monoisotopic (exact) mass is 242 g/mol. The number of aryl methyl sites for hydroxylation is 1. The summed E-state index contributed by atoms with van der Waals surface area (Å²) in [4.78, 5) is 4.47. The van der Waals surface area contributed by atoms with Crippen molar-refractivity contribution in [3.05, 3.63) is 16.1 Å². The van der Waals surface area contributed by atoms with Gasteiger partial charge in [-0.15, -0.1) is 11.3 Å². The SMILES string of the molecule is CNC(Cc1csc(C)n1)CC1OCCO1. The number of aromatic nitrogens is 1. The summed E-state index contributed by atoms with van der Waals surface area (Å²) in [6.07, 6.45) is 1.77. The van der Waals surface area contributed by atoms with Crippen LogP contribution >= 0.6 is 11.3 Å². The minimum absolute atomic E-state index is 0.0443. The maximum Gasteiger partial charge on any atom is 0.159 e. The molecule has 2 rings (SSSR count). The lowest BCUT2D eigenvalue weighted by Crippen LogP contribution is -2.32. The van der Waals surface area contributed by atoms with E-state index < -0.39 is 0 Å². The minimum atomic E-state index is -0.0443. The molecule has 1 saturated heterocycles. The molecule has 0 spiro atoms. The molecule has 4 nitrogen and oxygen atoms in total. The zero-order chi connectivity index (χ0) is 11.4. The standard InChI is InChI=1S/C11H18N2O2S/c1-8-13-10(7-16-8)5-9(12-2)6-11-14-3-4-15-11/h7,9,11-12H,3-6H2,1-2H3. The van der Waals surface area contributed by atoms with Crippen LogP contribution < -0.4 is 5.32 Å². The molecule has 1 aromatic rings. The zero-order valence-electron chi connectivity index (χ0n) is 9.73. The fourth-order valence-electron chi connectivity index (χ4n) is 1.83. The van der Waals surface area contributed by atoms with Gasteiger partial charge in [0.05, 0.1) is 23.9 Å². The van der Waals surface area contributed by atoms with Gasteiger partial charge in [0, 0.05) is 24.3 Å². The molecule has 1 unspecified atom stereocenters. The number of thiazole rings is 1. The smallest absolute Gasteiger partial charge is 0.159 e. The third-order valence-electron chi connectivity index (χ3n) is 2.70. The Hall–Kier alpha value is -0.490. The molecule has 0 aromatic carbocycles. The molecular weight excluding hydrogens is 224 g/mol. The number of hydrogen-bond donors (Lipinski definition) is 1. The van der Waals surface area contributed by atoms with Gasteiger partial charge in [-0.1, -0.05) is 0 Å². The maximum absolute atomic E-state index is 5.45. The Balaban J connectivity index is 1.84. The van der Waals surface area contributed by atoms with Gasteiger partial charge in [0.1, 0.15) is 0 Å². The summed E-state index contributed by atoms with van der Waals surface area (Å²) in [5.74, 6) is 0. The zero-order valence-corrected chi connectivity index (χ0v) is 10.5. The first kappa shape index (κ1) is 12.0. The fraction of sp³-hybridized carbons (Fsp3) is 0.727. The Morgan fingerprint density at radius 2 is 2.31 bits per heavy atom. The van der Waals surface area contributed by atoms with Crippen molar-refractivity contribution < 1.29 is 9.47 Å². The average molecular weight is 242 g/mol. The van der Waals surface area contributed by atoms with E-state index in [1.807, 2.05) is 14.0 Å². The normalized spacial score (nSPS) is 19.1. The highest BCUT2D eigenvalue weighted by molar-refractivity contribution is 7.09. The molecule has 1 atom stereocenters. The van der Waals surface area contributed by atoms with Crippen molar-refractivity contribution in [2.24, 2.45) is 0 Å². The van der Waals surface area contributed by atoms with Gasteiger partial charge in [-0.25, -0.2) is 4.98 Å². The van der Waals surface area contributed by atoms with Gasteiger partial charge in [0.15, 0.2) is 6.29 Å². The van der Waals surface area contributed by atoms with Gasteiger partial charge >= 0.3 is 0 Å². The first-order chi connectivity index (χ1) is 7.78. The lowest BCUT2D eigenvalue weighted by atomic mass is 10.1. The Labute approximate surface area is 100.0 Å². The predicted molar refractivity (Wildman–Crippen MR) is 63.7 cm³/mol. The summed E-state index contributed by atoms with van der Waals surface area (Å²) in [5, 5.41) is 6.54. The summed E-state index contributed by atoms with van der Waals surface area (Å²) in [6, 6.07) is 0.365. The van der Waals surface area contributed by atoms with Crippen LogP contribution in [0, 0.1) is 6.92 Å². The molecule has 0 bridgehead atoms. The molecule has 0 radical (unpaired) electrons. The van der Waals surface area contributed by atoms with Crippen LogP contribution in [0.1, 0.15) is 17.1 Å². The van der Waals surface area contributed by atoms with E-state index in [-0.39, 0.29) is 6.29 Å². The van der Waals surface area contributed by atoms with Crippen molar-refractivity contribution in [1.29, 1.82) is 0 Å². The van der Waals surface area contributed by atoms with Crippen molar-refractivity contribution in [3.63, 3.8) is 0 Å². The average Bonchev–Trinajstić information content (AvgIpc) is 2.89. The molecule has 0 aliphatic carbocycles. The van der Waals surface area contributed by atoms with E-state index in [2.05, 4.69) is 15.7 Å². The number of hydrogen-bond acceptors (Lipinski definition) is 5. The highest BCUT2D eigenvalue weighted by Gasteiger charge is 2.21. The summed E-state index contributed by atoms with van der Waals surface area (Å²) in [7, 11) is 1.97. The van der Waals surface area contributed by atoms with Crippen LogP contribution in [-0.4, -0.2) is 37.6 Å². The fourth-order valence-corrected chi connectivity index (χ4v) is 2.46. The molecule has 1 N–H and O–H groups in total. The van der Waals surface area contributed by atoms with E-state index >= 15 is 0 Å². The molecule has 5 heteroatoms. The molecule has 1 aromatic heterocycles. The molecule has 0 saturated carbocycles. The lowest BCUT2D eigenvalue weighted by Gasteiger charge is -2.18. The number of nitrogens with zero attached hydrogens (tertiary/aromatic N) is 1. The largest absolute Gasteiger partial charge is 0.350 e. The highest BCUT2D eigenvalue weighted by atomic mass is 32.1. The van der Waals surface area contributed by atoms with Gasteiger partial charge in [0.2, 0.25) is 0 Å². The van der Waals surface area contributed by atoms with Crippen molar-refractivity contribution in [1.82, 2.24) is 10.3 Å². The van der Waals surface area contributed by atoms with Crippen molar-refractivity contribution in [2.45, 2.75) is 32.1 Å². The van der Waals surface area contributed by atoms with Crippen LogP contribution in [0.2, 0.25) is 0 Å². The Morgan fingerprint density at radius 1 is 1.56 bits per heavy atom. The van der Waals surface area contributed by atoms with Crippen LogP contribution in [-0.2, 0) is 15.9 Å². The van der Waals surface area contributed by atoms with Crippen molar-refractivity contribution >= 4 is 11.3 Å². The van der Waals surface area contributed by atoms with E-state index in [1.54, 1.807) is 11.3 Å². The van der Waals surface area contributed by atoms with Crippen LogP contribution in [0.5, 0.6) is 0 Å². The molecule has 16 heavy (non-hydrogen) atoms. The predicted octanol–water partition coefficient (Wildman–Crippen LogP) is 1.35. The number of ether oxygens (including phenoxy) is 2. The Bertz CT molecular complexity index is 324. The highest BCUT2D eigenvalue weighted by Crippen LogP contribution is 2.15. The van der Waals surface area contributed by atoms with Crippen LogP contribution in [0.4, 0.5) is 0 Å². The number of rotatable bonds is 5. The second-order valence-electron chi connectivity index (χ2n) is 3.95. The Morgan fingerprint density at radius 3 is 2.88 bits per heavy atom. The first-order valence-electron chi connectivity index (χ1n) is 5.59. The quantitative estimate of drug-likeness (QED) is 0.846. The second kappa shape index (κ2) is 5.72. The minimum Gasteiger partial charge on any atom is -0.350 e. The maximum atomic E-state index is 5.45. The van der Waals surface area contributed by atoms with E-state index in [0.29, 0.717) is 6.04 Å². The van der Waals surface area contributed by atoms with Crippen molar-refractivity contribution in [3.8, 4) is 0 Å². The molecule has 90 valence electrons. The third kappa shape index (κ3) is 3.25. The van der Waals surface area contributed by atoms with Gasteiger partial charge in [0.25, 0.3) is 0 Å². The van der Waals surface area contributed by atoms with Crippen molar-refractivity contribution in [2.75, 3.05) is 20.3 Å². The van der Waals surface area contributed by atoms with Gasteiger partial charge in [-0.2, -0.15) is 0 Å².